The second kappa shape index (κ2) is 8.64. The highest BCUT2D eigenvalue weighted by molar-refractivity contribution is 7.99. The highest BCUT2D eigenvalue weighted by atomic mass is 32.2. The number of para-hydroxylation sites is 1. The van der Waals surface area contributed by atoms with E-state index in [4.69, 9.17) is 0 Å². The Balaban J connectivity index is 1.72. The summed E-state index contributed by atoms with van der Waals surface area (Å²) in [4.78, 5) is 28.9. The van der Waals surface area contributed by atoms with Crippen LogP contribution in [-0.4, -0.2) is 21.2 Å². The minimum absolute atomic E-state index is 0.0491. The lowest BCUT2D eigenvalue weighted by molar-refractivity contribution is -0.113. The van der Waals surface area contributed by atoms with Crippen LogP contribution in [0.15, 0.2) is 70.7 Å². The van der Waals surface area contributed by atoms with Crippen LogP contribution < -0.4 is 10.9 Å². The quantitative estimate of drug-likeness (QED) is 0.660. The molecule has 0 aliphatic heterocycles. The molecule has 27 heavy (non-hydrogen) atoms. The summed E-state index contributed by atoms with van der Waals surface area (Å²) in [5, 5.41) is 3.04. The summed E-state index contributed by atoms with van der Waals surface area (Å²) in [6.45, 7) is 2.02. The van der Waals surface area contributed by atoms with Gasteiger partial charge in [-0.3, -0.25) is 14.2 Å². The molecule has 0 saturated carbocycles. The van der Waals surface area contributed by atoms with Crippen LogP contribution in [0.2, 0.25) is 0 Å². The van der Waals surface area contributed by atoms with Crippen molar-refractivity contribution >= 4 is 23.4 Å². The first-order valence-electron chi connectivity index (χ1n) is 8.42. The third-order valence-electron chi connectivity index (χ3n) is 3.91. The average molecular weight is 383 g/mol. The third kappa shape index (κ3) is 4.62. The van der Waals surface area contributed by atoms with Gasteiger partial charge in [0.2, 0.25) is 5.91 Å². The van der Waals surface area contributed by atoms with Gasteiger partial charge in [-0.2, -0.15) is 0 Å². The van der Waals surface area contributed by atoms with Gasteiger partial charge in [0.15, 0.2) is 5.03 Å². The average Bonchev–Trinajstić information content (AvgIpc) is 2.67. The Hall–Kier alpha value is -2.93. The lowest BCUT2D eigenvalue weighted by atomic mass is 10.1. The molecule has 0 bridgehead atoms. The van der Waals surface area contributed by atoms with Crippen molar-refractivity contribution in [2.75, 3.05) is 11.1 Å². The molecule has 0 aliphatic carbocycles. The molecule has 7 heteroatoms. The number of hydrogen-bond donors (Lipinski definition) is 1. The molecule has 0 spiro atoms. The number of rotatable bonds is 6. The maximum absolute atomic E-state index is 13.4. The van der Waals surface area contributed by atoms with Crippen LogP contribution >= 0.6 is 11.8 Å². The fourth-order valence-corrected chi connectivity index (χ4v) is 3.29. The summed E-state index contributed by atoms with van der Waals surface area (Å²) in [7, 11) is 0. The van der Waals surface area contributed by atoms with E-state index in [0.29, 0.717) is 5.69 Å². The van der Waals surface area contributed by atoms with E-state index in [-0.39, 0.29) is 16.7 Å². The number of aryl methyl sites for hydroxylation is 1. The summed E-state index contributed by atoms with van der Waals surface area (Å²) < 4.78 is 14.7. The summed E-state index contributed by atoms with van der Waals surface area (Å²) in [6.07, 6.45) is 3.74. The SMILES string of the molecule is CCc1ccccc1NC(=O)CSc1nccn(-c2cccc(F)c2)c1=O. The number of amides is 1. The van der Waals surface area contributed by atoms with Gasteiger partial charge >= 0.3 is 0 Å². The molecular weight excluding hydrogens is 365 g/mol. The molecule has 138 valence electrons. The van der Waals surface area contributed by atoms with Gasteiger partial charge in [0.1, 0.15) is 5.82 Å². The smallest absolute Gasteiger partial charge is 0.287 e. The molecule has 1 amide bonds. The number of nitrogens with zero attached hydrogens (tertiary/aromatic N) is 2. The molecule has 1 aromatic heterocycles. The van der Waals surface area contributed by atoms with Gasteiger partial charge in [0, 0.05) is 18.1 Å². The van der Waals surface area contributed by atoms with E-state index in [1.54, 1.807) is 6.07 Å². The molecule has 1 N–H and O–H groups in total. The Morgan fingerprint density at radius 2 is 2.04 bits per heavy atom. The zero-order valence-corrected chi connectivity index (χ0v) is 15.5. The van der Waals surface area contributed by atoms with Gasteiger partial charge in [-0.15, -0.1) is 0 Å². The maximum Gasteiger partial charge on any atom is 0.287 e. The van der Waals surface area contributed by atoms with Crippen molar-refractivity contribution in [2.45, 2.75) is 18.4 Å². The van der Waals surface area contributed by atoms with Gasteiger partial charge in [-0.25, -0.2) is 9.37 Å². The molecule has 3 aromatic rings. The van der Waals surface area contributed by atoms with Crippen molar-refractivity contribution in [3.63, 3.8) is 0 Å². The van der Waals surface area contributed by atoms with Crippen molar-refractivity contribution in [1.82, 2.24) is 9.55 Å². The number of benzene rings is 2. The number of hydrogen-bond acceptors (Lipinski definition) is 4. The van der Waals surface area contributed by atoms with Gasteiger partial charge < -0.3 is 5.32 Å². The van der Waals surface area contributed by atoms with Gasteiger partial charge in [-0.05, 0) is 36.2 Å². The minimum atomic E-state index is -0.431. The first-order valence-corrected chi connectivity index (χ1v) is 9.41. The van der Waals surface area contributed by atoms with E-state index < -0.39 is 11.4 Å². The predicted octanol–water partition coefficient (Wildman–Crippen LogP) is 3.66. The standard InChI is InChI=1S/C20H18FN3O2S/c1-2-14-6-3-4-9-17(14)23-18(25)13-27-19-20(26)24(11-10-22-19)16-8-5-7-15(21)12-16/h3-12H,2,13H2,1H3,(H,23,25). The molecule has 5 nitrogen and oxygen atoms in total. The van der Waals surface area contributed by atoms with Gasteiger partial charge in [0.25, 0.3) is 5.56 Å². The predicted molar refractivity (Wildman–Crippen MR) is 105 cm³/mol. The molecule has 0 aliphatic rings. The number of anilines is 1. The summed E-state index contributed by atoms with van der Waals surface area (Å²) in [5.41, 5.74) is 1.83. The highest BCUT2D eigenvalue weighted by Gasteiger charge is 2.11. The third-order valence-corrected chi connectivity index (χ3v) is 4.87. The number of carbonyl (C=O) groups is 1. The van der Waals surface area contributed by atoms with Crippen LogP contribution in [0, 0.1) is 5.82 Å². The Bertz CT molecular complexity index is 1020. The van der Waals surface area contributed by atoms with Gasteiger partial charge in [0.05, 0.1) is 11.4 Å². The second-order valence-electron chi connectivity index (χ2n) is 5.73. The van der Waals surface area contributed by atoms with Crippen molar-refractivity contribution in [3.8, 4) is 5.69 Å². The number of carbonyl (C=O) groups excluding carboxylic acids is 1. The monoisotopic (exact) mass is 383 g/mol. The Kier molecular flexibility index (Phi) is 6.03. The Morgan fingerprint density at radius 1 is 1.22 bits per heavy atom. The zero-order chi connectivity index (χ0) is 19.2. The van der Waals surface area contributed by atoms with Crippen molar-refractivity contribution in [2.24, 2.45) is 0 Å². The number of halogens is 1. The topological polar surface area (TPSA) is 64.0 Å². The van der Waals surface area contributed by atoms with E-state index in [9.17, 15) is 14.0 Å². The van der Waals surface area contributed by atoms with Gasteiger partial charge in [-0.1, -0.05) is 43.0 Å². The lowest BCUT2D eigenvalue weighted by Gasteiger charge is -2.10. The molecular formula is C20H18FN3O2S. The zero-order valence-electron chi connectivity index (χ0n) is 14.7. The largest absolute Gasteiger partial charge is 0.325 e. The van der Waals surface area contributed by atoms with Crippen LogP contribution in [0.1, 0.15) is 12.5 Å². The van der Waals surface area contributed by atoms with E-state index in [1.807, 2.05) is 31.2 Å². The van der Waals surface area contributed by atoms with Crippen molar-refractivity contribution < 1.29 is 9.18 Å². The highest BCUT2D eigenvalue weighted by Crippen LogP contribution is 2.17. The molecule has 3 rings (SSSR count). The molecule has 0 radical (unpaired) electrons. The van der Waals surface area contributed by atoms with Crippen molar-refractivity contribution in [1.29, 1.82) is 0 Å². The number of thioether (sulfide) groups is 1. The van der Waals surface area contributed by atoms with E-state index in [2.05, 4.69) is 10.3 Å². The second-order valence-corrected chi connectivity index (χ2v) is 6.70. The Morgan fingerprint density at radius 3 is 2.81 bits per heavy atom. The van der Waals surface area contributed by atoms with E-state index in [1.165, 1.54) is 35.2 Å². The fourth-order valence-electron chi connectivity index (χ4n) is 2.59. The minimum Gasteiger partial charge on any atom is -0.325 e. The molecule has 2 aromatic carbocycles. The molecule has 0 saturated heterocycles. The van der Waals surface area contributed by atoms with Crippen LogP contribution in [0.4, 0.5) is 10.1 Å². The van der Waals surface area contributed by atoms with Crippen LogP contribution in [0.5, 0.6) is 0 Å². The van der Waals surface area contributed by atoms with Crippen LogP contribution in [0.3, 0.4) is 0 Å². The Labute approximate surface area is 160 Å². The molecule has 1 heterocycles. The lowest BCUT2D eigenvalue weighted by Crippen LogP contribution is -2.22. The molecule has 0 atom stereocenters. The normalized spacial score (nSPS) is 10.6. The molecule has 0 unspecified atom stereocenters. The van der Waals surface area contributed by atoms with E-state index in [0.717, 1.165) is 29.4 Å². The first-order chi connectivity index (χ1) is 13.1. The summed E-state index contributed by atoms with van der Waals surface area (Å²) in [5.74, 6) is -0.601. The first kappa shape index (κ1) is 18.8. The van der Waals surface area contributed by atoms with Crippen LogP contribution in [0.25, 0.3) is 5.69 Å². The van der Waals surface area contributed by atoms with Crippen LogP contribution in [-0.2, 0) is 11.2 Å². The number of aromatic nitrogens is 2. The molecule has 0 fully saturated rings. The maximum atomic E-state index is 13.4. The fraction of sp³-hybridized carbons (Fsp3) is 0.150. The van der Waals surface area contributed by atoms with E-state index >= 15 is 0 Å². The summed E-state index contributed by atoms with van der Waals surface area (Å²) in [6, 6.07) is 13.3. The van der Waals surface area contributed by atoms with Crippen molar-refractivity contribution in [3.05, 3.63) is 82.7 Å². The summed E-state index contributed by atoms with van der Waals surface area (Å²) >= 11 is 1.05. The number of nitrogens with one attached hydrogen (secondary N) is 1.